The molecular weight excluding hydrogens is 344 g/mol. The van der Waals surface area contributed by atoms with Gasteiger partial charge in [0.25, 0.3) is 5.78 Å². The number of phenols is 4. The van der Waals surface area contributed by atoms with Gasteiger partial charge in [-0.15, -0.1) is 0 Å². The molecule has 2 aromatic carbocycles. The number of ketones is 1. The van der Waals surface area contributed by atoms with E-state index < -0.39 is 40.3 Å². The van der Waals surface area contributed by atoms with E-state index in [1.807, 2.05) is 0 Å². The van der Waals surface area contributed by atoms with Gasteiger partial charge < -0.3 is 30.3 Å². The number of carbonyl (C=O) groups is 2. The molecule has 3 rings (SSSR count). The lowest BCUT2D eigenvalue weighted by atomic mass is 9.96. The number of rotatable bonds is 2. The van der Waals surface area contributed by atoms with Crippen molar-refractivity contribution < 1.29 is 39.9 Å². The minimum absolute atomic E-state index is 0.247. The second-order valence-electron chi connectivity index (χ2n) is 5.40. The van der Waals surface area contributed by atoms with E-state index in [0.717, 1.165) is 30.3 Å². The summed E-state index contributed by atoms with van der Waals surface area (Å²) in [5.74, 6) is -5.17. The first-order chi connectivity index (χ1) is 12.3. The van der Waals surface area contributed by atoms with Crippen LogP contribution in [0.5, 0.6) is 23.0 Å². The van der Waals surface area contributed by atoms with Gasteiger partial charge >= 0.3 is 5.97 Å². The third-order valence-corrected chi connectivity index (χ3v) is 3.63. The van der Waals surface area contributed by atoms with Crippen molar-refractivity contribution in [2.45, 2.75) is 0 Å². The molecule has 5 N–H and O–H groups in total. The molecule has 0 atom stereocenters. The number of phenolic OH excluding ortho intramolecular Hbond substituents is 4. The maximum absolute atomic E-state index is 12.1. The van der Waals surface area contributed by atoms with Gasteiger partial charge in [-0.1, -0.05) is 6.07 Å². The second kappa shape index (κ2) is 6.17. The first-order valence-electron chi connectivity index (χ1n) is 7.24. The zero-order valence-corrected chi connectivity index (χ0v) is 13.0. The van der Waals surface area contributed by atoms with Crippen LogP contribution >= 0.6 is 0 Å². The molecule has 1 aliphatic heterocycles. The predicted molar refractivity (Wildman–Crippen MR) is 88.2 cm³/mol. The highest BCUT2D eigenvalue weighted by Gasteiger charge is 2.35. The average Bonchev–Trinajstić information content (AvgIpc) is 2.59. The van der Waals surface area contributed by atoms with E-state index in [1.54, 1.807) is 0 Å². The highest BCUT2D eigenvalue weighted by molar-refractivity contribution is 6.53. The zero-order valence-electron chi connectivity index (χ0n) is 13.0. The molecule has 0 aromatic heterocycles. The van der Waals surface area contributed by atoms with E-state index in [9.17, 15) is 35.1 Å². The summed E-state index contributed by atoms with van der Waals surface area (Å²) in [6.07, 6.45) is 1.15. The Hall–Kier alpha value is -3.94. The summed E-state index contributed by atoms with van der Waals surface area (Å²) in [5.41, 5.74) is -0.531. The summed E-state index contributed by atoms with van der Waals surface area (Å²) in [6.45, 7) is 0. The molecule has 0 unspecified atom stereocenters. The summed E-state index contributed by atoms with van der Waals surface area (Å²) < 4.78 is 4.78. The number of cyclic esters (lactones) is 1. The molecule has 132 valence electrons. The van der Waals surface area contributed by atoms with Crippen LogP contribution < -0.4 is 0 Å². The van der Waals surface area contributed by atoms with Crippen molar-refractivity contribution in [3.8, 4) is 23.0 Å². The minimum Gasteiger partial charge on any atom is -0.508 e. The molecule has 0 radical (unpaired) electrons. The van der Waals surface area contributed by atoms with Crippen molar-refractivity contribution >= 4 is 23.4 Å². The Labute approximate surface area is 146 Å². The fraction of sp³-hybridized carbons (Fsp3) is 0. The van der Waals surface area contributed by atoms with Gasteiger partial charge in [-0.05, 0) is 42.0 Å². The van der Waals surface area contributed by atoms with Gasteiger partial charge in [0.1, 0.15) is 11.5 Å². The van der Waals surface area contributed by atoms with E-state index in [-0.39, 0.29) is 22.6 Å². The first-order valence-corrected chi connectivity index (χ1v) is 7.24. The molecule has 8 nitrogen and oxygen atoms in total. The molecule has 26 heavy (non-hydrogen) atoms. The van der Waals surface area contributed by atoms with Crippen molar-refractivity contribution in [1.82, 2.24) is 0 Å². The van der Waals surface area contributed by atoms with Crippen LogP contribution in [0.4, 0.5) is 0 Å². The third-order valence-electron chi connectivity index (χ3n) is 3.63. The summed E-state index contributed by atoms with van der Waals surface area (Å²) in [5, 5.41) is 48.7. The maximum atomic E-state index is 12.1. The Balaban J connectivity index is 2.18. The van der Waals surface area contributed by atoms with Crippen molar-refractivity contribution in [3.05, 3.63) is 59.0 Å². The van der Waals surface area contributed by atoms with Gasteiger partial charge in [-0.2, -0.15) is 0 Å². The van der Waals surface area contributed by atoms with Gasteiger partial charge in [-0.3, -0.25) is 4.79 Å². The topological polar surface area (TPSA) is 145 Å². The van der Waals surface area contributed by atoms with Crippen molar-refractivity contribution in [3.63, 3.8) is 0 Å². The standard InChI is InChI=1S/C18H12O8/c19-9-2-4-11(20)10(7-9)15-16(23)14(26-18(25)17(15)24)6-8-1-3-12(21)13(22)5-8/h1-7,19-23H/b14-6+. The molecule has 0 aliphatic carbocycles. The molecule has 1 aliphatic rings. The van der Waals surface area contributed by atoms with Gasteiger partial charge in [0, 0.05) is 5.56 Å². The van der Waals surface area contributed by atoms with Gasteiger partial charge in [0.15, 0.2) is 23.0 Å². The van der Waals surface area contributed by atoms with Crippen LogP contribution in [0.1, 0.15) is 11.1 Å². The quantitative estimate of drug-likeness (QED) is 0.238. The van der Waals surface area contributed by atoms with Crippen molar-refractivity contribution in [2.75, 3.05) is 0 Å². The van der Waals surface area contributed by atoms with E-state index in [1.165, 1.54) is 12.1 Å². The number of hydrogen-bond donors (Lipinski definition) is 5. The number of hydrogen-bond acceptors (Lipinski definition) is 8. The fourth-order valence-corrected chi connectivity index (χ4v) is 2.38. The molecule has 0 fully saturated rings. The number of aliphatic hydroxyl groups is 1. The molecule has 0 bridgehead atoms. The maximum Gasteiger partial charge on any atom is 0.385 e. The molecule has 8 heteroatoms. The Kier molecular flexibility index (Phi) is 4.01. The number of benzene rings is 2. The van der Waals surface area contributed by atoms with Crippen LogP contribution in [0.15, 0.2) is 47.9 Å². The number of carbonyl (C=O) groups excluding carboxylic acids is 2. The van der Waals surface area contributed by atoms with Crippen LogP contribution in [-0.4, -0.2) is 37.3 Å². The fourth-order valence-electron chi connectivity index (χ4n) is 2.38. The van der Waals surface area contributed by atoms with Crippen LogP contribution in [0.3, 0.4) is 0 Å². The average molecular weight is 356 g/mol. The second-order valence-corrected chi connectivity index (χ2v) is 5.40. The van der Waals surface area contributed by atoms with Gasteiger partial charge in [0.2, 0.25) is 0 Å². The molecule has 0 saturated heterocycles. The highest BCUT2D eigenvalue weighted by atomic mass is 16.6. The molecule has 1 heterocycles. The molecular formula is C18H12O8. The van der Waals surface area contributed by atoms with Crippen molar-refractivity contribution in [1.29, 1.82) is 0 Å². The Morgan fingerprint density at radius 1 is 0.808 bits per heavy atom. The van der Waals surface area contributed by atoms with Crippen LogP contribution in [0.25, 0.3) is 11.6 Å². The van der Waals surface area contributed by atoms with Crippen LogP contribution in [0.2, 0.25) is 0 Å². The summed E-state index contributed by atoms with van der Waals surface area (Å²) in [6, 6.07) is 6.97. The van der Waals surface area contributed by atoms with E-state index >= 15 is 0 Å². The van der Waals surface area contributed by atoms with E-state index in [2.05, 4.69) is 0 Å². The lowest BCUT2D eigenvalue weighted by molar-refractivity contribution is -0.149. The van der Waals surface area contributed by atoms with Crippen molar-refractivity contribution in [2.24, 2.45) is 0 Å². The van der Waals surface area contributed by atoms with Crippen LogP contribution in [-0.2, 0) is 14.3 Å². The minimum atomic E-state index is -1.30. The molecule has 0 saturated carbocycles. The molecule has 2 aromatic rings. The lowest BCUT2D eigenvalue weighted by Gasteiger charge is -2.18. The normalized spacial score (nSPS) is 16.1. The third kappa shape index (κ3) is 2.91. The van der Waals surface area contributed by atoms with Gasteiger partial charge in [0.05, 0.1) is 5.57 Å². The number of aliphatic hydroxyl groups excluding tert-OH is 1. The summed E-state index contributed by atoms with van der Waals surface area (Å²) in [7, 11) is 0. The SMILES string of the molecule is O=C1O/C(=C/c2ccc(O)c(O)c2)C(O)=C(c2cc(O)ccc2O)C1=O. The summed E-state index contributed by atoms with van der Waals surface area (Å²) in [4.78, 5) is 24.0. The van der Waals surface area contributed by atoms with E-state index in [4.69, 9.17) is 4.74 Å². The summed E-state index contributed by atoms with van der Waals surface area (Å²) >= 11 is 0. The monoisotopic (exact) mass is 356 g/mol. The Bertz CT molecular complexity index is 1000. The Morgan fingerprint density at radius 2 is 1.50 bits per heavy atom. The van der Waals surface area contributed by atoms with E-state index in [0.29, 0.717) is 0 Å². The first kappa shape index (κ1) is 16.9. The smallest absolute Gasteiger partial charge is 0.385 e. The highest BCUT2D eigenvalue weighted by Crippen LogP contribution is 2.36. The predicted octanol–water partition coefficient (Wildman–Crippen LogP) is 1.95. The van der Waals surface area contributed by atoms with Crippen LogP contribution in [0, 0.1) is 0 Å². The molecule has 0 amide bonds. The number of esters is 1. The number of aromatic hydroxyl groups is 4. The molecule has 0 spiro atoms. The number of ether oxygens (including phenoxy) is 1. The zero-order chi connectivity index (χ0) is 19.0. The lowest BCUT2D eigenvalue weighted by Crippen LogP contribution is -2.25. The van der Waals surface area contributed by atoms with Gasteiger partial charge in [-0.25, -0.2) is 4.79 Å². The Morgan fingerprint density at radius 3 is 2.19 bits per heavy atom. The largest absolute Gasteiger partial charge is 0.508 e. The number of Topliss-reactive ketones (excluding diaryl/α,β-unsaturated/α-hetero) is 1.